The summed E-state index contributed by atoms with van der Waals surface area (Å²) in [5.41, 5.74) is 12.3. The summed E-state index contributed by atoms with van der Waals surface area (Å²) in [6, 6.07) is 10.1. The minimum atomic E-state index is -3.64. The first kappa shape index (κ1) is 20.2. The monoisotopic (exact) mass is 390 g/mol. The molecule has 1 amide bonds. The number of nitrogens with zero attached hydrogens (tertiary/aromatic N) is 2. The van der Waals surface area contributed by atoms with Crippen LogP contribution in [0.25, 0.3) is 0 Å². The van der Waals surface area contributed by atoms with E-state index in [0.717, 1.165) is 11.9 Å². The fourth-order valence-corrected chi connectivity index (χ4v) is 3.51. The summed E-state index contributed by atoms with van der Waals surface area (Å²) in [6.45, 7) is 1.68. The molecular weight excluding hydrogens is 368 g/mol. The topological polar surface area (TPSA) is 128 Å². The van der Waals surface area contributed by atoms with Crippen LogP contribution in [0, 0.1) is 6.92 Å². The molecule has 0 bridgehead atoms. The zero-order valence-corrected chi connectivity index (χ0v) is 16.4. The van der Waals surface area contributed by atoms with Crippen molar-refractivity contribution < 1.29 is 17.9 Å². The molecule has 0 spiro atoms. The molecule has 0 aliphatic carbocycles. The molecule has 0 fully saturated rings. The second kappa shape index (κ2) is 7.67. The molecule has 2 rings (SSSR count). The van der Waals surface area contributed by atoms with E-state index in [0.29, 0.717) is 17.0 Å². The quantitative estimate of drug-likeness (QED) is 0.586. The number of aryl methyl sites for hydroxylation is 1. The lowest BCUT2D eigenvalue weighted by Gasteiger charge is -2.24. The van der Waals surface area contributed by atoms with Gasteiger partial charge in [-0.3, -0.25) is 4.79 Å². The third-order valence-electron chi connectivity index (χ3n) is 3.97. The molecule has 0 aliphatic rings. The number of rotatable bonds is 5. The Balaban J connectivity index is 2.67. The summed E-state index contributed by atoms with van der Waals surface area (Å²) in [5, 5.41) is 0. The number of guanidine groups is 1. The number of hydrogen-bond donors (Lipinski definition) is 2. The molecule has 2 aromatic carbocycles. The molecule has 8 nitrogen and oxygen atoms in total. The van der Waals surface area contributed by atoms with E-state index in [1.54, 1.807) is 50.2 Å². The smallest absolute Gasteiger partial charge is 0.280 e. The molecule has 2 aromatic rings. The van der Waals surface area contributed by atoms with Crippen molar-refractivity contribution in [2.24, 2.45) is 16.5 Å². The highest BCUT2D eigenvalue weighted by Gasteiger charge is 2.22. The van der Waals surface area contributed by atoms with Crippen LogP contribution >= 0.6 is 0 Å². The molecule has 0 aromatic heterocycles. The van der Waals surface area contributed by atoms with Crippen LogP contribution in [0.5, 0.6) is 5.75 Å². The lowest BCUT2D eigenvalue weighted by atomic mass is 10.1. The largest absolute Gasteiger partial charge is 0.497 e. The average molecular weight is 390 g/mol. The number of carbonyl (C=O) groups excluding carboxylic acids is 1. The highest BCUT2D eigenvalue weighted by atomic mass is 32.2. The lowest BCUT2D eigenvalue weighted by molar-refractivity contribution is 0.100. The van der Waals surface area contributed by atoms with Gasteiger partial charge < -0.3 is 21.1 Å². The third kappa shape index (κ3) is 4.56. The van der Waals surface area contributed by atoms with Gasteiger partial charge in [0, 0.05) is 30.6 Å². The van der Waals surface area contributed by atoms with E-state index in [2.05, 4.69) is 4.99 Å². The Morgan fingerprint density at radius 2 is 1.85 bits per heavy atom. The number of amides is 1. The van der Waals surface area contributed by atoms with Gasteiger partial charge >= 0.3 is 0 Å². The minimum Gasteiger partial charge on any atom is -0.497 e. The van der Waals surface area contributed by atoms with Crippen LogP contribution in [0.2, 0.25) is 0 Å². The lowest BCUT2D eigenvalue weighted by Crippen LogP contribution is -2.24. The third-order valence-corrected chi connectivity index (χ3v) is 5.09. The van der Waals surface area contributed by atoms with Crippen molar-refractivity contribution in [3.05, 3.63) is 47.5 Å². The van der Waals surface area contributed by atoms with Crippen LogP contribution in [0.15, 0.2) is 46.3 Å². The SMILES string of the molecule is COc1cccc(N(C)c2cc(C)c(C(=O)N=C(N)N)cc2S(C)(=O)=O)c1. The Bertz CT molecular complexity index is 1010. The molecule has 27 heavy (non-hydrogen) atoms. The molecular formula is C18H22N4O4S. The minimum absolute atomic E-state index is 0.00689. The van der Waals surface area contributed by atoms with Gasteiger partial charge in [0.1, 0.15) is 5.75 Å². The number of benzene rings is 2. The van der Waals surface area contributed by atoms with Gasteiger partial charge in [0.25, 0.3) is 5.91 Å². The predicted octanol–water partition coefficient (Wildman–Crippen LogP) is 1.59. The summed E-state index contributed by atoms with van der Waals surface area (Å²) in [6.07, 6.45) is 1.08. The molecule has 0 heterocycles. The van der Waals surface area contributed by atoms with Gasteiger partial charge in [-0.15, -0.1) is 0 Å². The van der Waals surface area contributed by atoms with Crippen LogP contribution in [-0.4, -0.2) is 40.7 Å². The van der Waals surface area contributed by atoms with Gasteiger partial charge in [-0.1, -0.05) is 6.07 Å². The first-order chi connectivity index (χ1) is 12.5. The van der Waals surface area contributed by atoms with Crippen molar-refractivity contribution in [1.29, 1.82) is 0 Å². The normalized spacial score (nSPS) is 11.0. The fourth-order valence-electron chi connectivity index (χ4n) is 2.60. The Morgan fingerprint density at radius 1 is 1.19 bits per heavy atom. The summed E-state index contributed by atoms with van der Waals surface area (Å²) in [5.74, 6) is -0.456. The molecule has 0 radical (unpaired) electrons. The number of carbonyl (C=O) groups is 1. The van der Waals surface area contributed by atoms with Crippen LogP contribution in [-0.2, 0) is 9.84 Å². The molecule has 0 aliphatic heterocycles. The van der Waals surface area contributed by atoms with E-state index in [1.165, 1.54) is 6.07 Å². The number of sulfone groups is 1. The molecule has 0 saturated heterocycles. The maximum atomic E-state index is 12.4. The summed E-state index contributed by atoms with van der Waals surface area (Å²) >= 11 is 0. The molecule has 0 atom stereocenters. The van der Waals surface area contributed by atoms with Crippen LogP contribution in [0.4, 0.5) is 11.4 Å². The van der Waals surface area contributed by atoms with Gasteiger partial charge in [-0.05, 0) is 36.8 Å². The van der Waals surface area contributed by atoms with Crippen molar-refractivity contribution in [3.8, 4) is 5.75 Å². The van der Waals surface area contributed by atoms with Crippen molar-refractivity contribution >= 4 is 33.1 Å². The summed E-state index contributed by atoms with van der Waals surface area (Å²) < 4.78 is 30.0. The molecule has 0 saturated carbocycles. The van der Waals surface area contributed by atoms with Gasteiger partial charge in [-0.25, -0.2) is 8.42 Å². The van der Waals surface area contributed by atoms with Gasteiger partial charge in [-0.2, -0.15) is 4.99 Å². The van der Waals surface area contributed by atoms with Gasteiger partial charge in [0.15, 0.2) is 15.8 Å². The summed E-state index contributed by atoms with van der Waals surface area (Å²) in [4.78, 5) is 17.4. The summed E-state index contributed by atoms with van der Waals surface area (Å²) in [7, 11) is -0.357. The van der Waals surface area contributed by atoms with Crippen molar-refractivity contribution in [1.82, 2.24) is 0 Å². The maximum absolute atomic E-state index is 12.4. The molecule has 144 valence electrons. The molecule has 4 N–H and O–H groups in total. The first-order valence-corrected chi connectivity index (χ1v) is 9.80. The van der Waals surface area contributed by atoms with E-state index in [9.17, 15) is 13.2 Å². The molecule has 9 heteroatoms. The maximum Gasteiger partial charge on any atom is 0.280 e. The average Bonchev–Trinajstić information content (AvgIpc) is 2.59. The zero-order chi connectivity index (χ0) is 20.4. The highest BCUT2D eigenvalue weighted by molar-refractivity contribution is 7.90. The van der Waals surface area contributed by atoms with Crippen molar-refractivity contribution in [2.45, 2.75) is 11.8 Å². The van der Waals surface area contributed by atoms with Crippen LogP contribution in [0.1, 0.15) is 15.9 Å². The highest BCUT2D eigenvalue weighted by Crippen LogP contribution is 2.34. The Hall–Kier alpha value is -3.07. The van der Waals surface area contributed by atoms with E-state index in [1.807, 2.05) is 6.07 Å². The zero-order valence-electron chi connectivity index (χ0n) is 15.6. The Kier molecular flexibility index (Phi) is 5.75. The van der Waals surface area contributed by atoms with E-state index in [-0.39, 0.29) is 10.5 Å². The second-order valence-electron chi connectivity index (χ2n) is 6.01. The first-order valence-electron chi connectivity index (χ1n) is 7.91. The van der Waals surface area contributed by atoms with E-state index in [4.69, 9.17) is 16.2 Å². The number of aliphatic imine (C=N–C) groups is 1. The standard InChI is InChI=1S/C18H22N4O4S/c1-11-8-15(22(2)12-6-5-7-13(9-12)26-3)16(27(4,24)25)10-14(11)17(23)21-18(19)20/h5-10H,1-4H3,(H4,19,20,21,23). The number of anilines is 2. The van der Waals surface area contributed by atoms with Crippen LogP contribution in [0.3, 0.4) is 0 Å². The molecule has 0 unspecified atom stereocenters. The van der Waals surface area contributed by atoms with Crippen LogP contribution < -0.4 is 21.1 Å². The number of hydrogen-bond acceptors (Lipinski definition) is 5. The predicted molar refractivity (Wildman–Crippen MR) is 105 cm³/mol. The van der Waals surface area contributed by atoms with E-state index >= 15 is 0 Å². The number of methoxy groups -OCH3 is 1. The van der Waals surface area contributed by atoms with Crippen molar-refractivity contribution in [3.63, 3.8) is 0 Å². The Morgan fingerprint density at radius 3 is 2.41 bits per heavy atom. The van der Waals surface area contributed by atoms with E-state index < -0.39 is 21.7 Å². The second-order valence-corrected chi connectivity index (χ2v) is 7.99. The van der Waals surface area contributed by atoms with Gasteiger partial charge in [0.2, 0.25) is 0 Å². The van der Waals surface area contributed by atoms with Gasteiger partial charge in [0.05, 0.1) is 17.7 Å². The van der Waals surface area contributed by atoms with Crippen molar-refractivity contribution in [2.75, 3.05) is 25.3 Å². The Labute approximate surface area is 158 Å². The number of nitrogens with two attached hydrogens (primary N) is 2. The fraction of sp³-hybridized carbons (Fsp3) is 0.222. The number of ether oxygens (including phenoxy) is 1.